The Morgan fingerprint density at radius 1 is 1.18 bits per heavy atom. The van der Waals surface area contributed by atoms with Crippen LogP contribution >= 0.6 is 27.5 Å². The zero-order chi connectivity index (χ0) is 13.6. The van der Waals surface area contributed by atoms with E-state index in [4.69, 9.17) is 11.6 Å². The van der Waals surface area contributed by atoms with Gasteiger partial charge in [0.25, 0.3) is 0 Å². The van der Waals surface area contributed by atoms with Crippen molar-refractivity contribution in [3.8, 4) is 0 Å². The Balaban J connectivity index is 0.000000325. The molecule has 17 heavy (non-hydrogen) atoms. The molecule has 0 amide bonds. The zero-order valence-electron chi connectivity index (χ0n) is 10.9. The molecule has 0 atom stereocenters. The van der Waals surface area contributed by atoms with Crippen LogP contribution in [0.1, 0.15) is 33.3 Å². The Morgan fingerprint density at radius 3 is 1.94 bits per heavy atom. The van der Waals surface area contributed by atoms with E-state index in [1.54, 1.807) is 19.1 Å². The van der Waals surface area contributed by atoms with Gasteiger partial charge < -0.3 is 5.32 Å². The Hall–Kier alpha value is -0.120. The first-order valence-electron chi connectivity index (χ1n) is 5.61. The molecule has 0 spiro atoms. The average Bonchev–Trinajstić information content (AvgIpc) is 2.20. The van der Waals surface area contributed by atoms with E-state index in [0.29, 0.717) is 27.1 Å². The van der Waals surface area contributed by atoms with Gasteiger partial charge in [0, 0.05) is 22.7 Å². The monoisotopic (exact) mass is 323 g/mol. The first-order valence-corrected chi connectivity index (χ1v) is 6.79. The largest absolute Gasteiger partial charge is 0.312 e. The minimum absolute atomic E-state index is 0.285. The predicted molar refractivity (Wildman–Crippen MR) is 77.3 cm³/mol. The van der Waals surface area contributed by atoms with Gasteiger partial charge in [-0.1, -0.05) is 39.3 Å². The summed E-state index contributed by atoms with van der Waals surface area (Å²) in [4.78, 5) is 0. The van der Waals surface area contributed by atoms with Crippen LogP contribution in [0.4, 0.5) is 4.39 Å². The third-order valence-electron chi connectivity index (χ3n) is 1.94. The molecule has 1 nitrogen and oxygen atoms in total. The van der Waals surface area contributed by atoms with Crippen molar-refractivity contribution in [2.75, 3.05) is 0 Å². The predicted octanol–water partition coefficient (Wildman–Crippen LogP) is 4.94. The van der Waals surface area contributed by atoms with Crippen molar-refractivity contribution in [3.05, 3.63) is 33.0 Å². The second-order valence-electron chi connectivity index (χ2n) is 4.44. The van der Waals surface area contributed by atoms with Crippen LogP contribution in [0, 0.1) is 12.7 Å². The van der Waals surface area contributed by atoms with Crippen molar-refractivity contribution in [3.63, 3.8) is 0 Å². The number of halogens is 3. The van der Waals surface area contributed by atoms with E-state index >= 15 is 0 Å². The highest BCUT2D eigenvalue weighted by Gasteiger charge is 2.04. The topological polar surface area (TPSA) is 12.0 Å². The van der Waals surface area contributed by atoms with Gasteiger partial charge in [0.1, 0.15) is 5.82 Å². The van der Waals surface area contributed by atoms with Gasteiger partial charge in [-0.2, -0.15) is 0 Å². The molecule has 0 unspecified atom stereocenters. The molecule has 0 saturated heterocycles. The minimum atomic E-state index is -0.285. The lowest BCUT2D eigenvalue weighted by atomic mass is 10.2. The minimum Gasteiger partial charge on any atom is -0.312 e. The molecule has 0 aliphatic carbocycles. The van der Waals surface area contributed by atoms with Gasteiger partial charge in [0.15, 0.2) is 0 Å². The van der Waals surface area contributed by atoms with Crippen LogP contribution in [0.25, 0.3) is 0 Å². The number of nitrogens with one attached hydrogen (secondary N) is 1. The molecule has 0 radical (unpaired) electrons. The molecule has 0 saturated carbocycles. The summed E-state index contributed by atoms with van der Waals surface area (Å²) < 4.78 is 13.3. The molecule has 1 N–H and O–H groups in total. The van der Waals surface area contributed by atoms with E-state index in [2.05, 4.69) is 48.9 Å². The van der Waals surface area contributed by atoms with Crippen LogP contribution in [0.15, 0.2) is 16.6 Å². The Bertz CT molecular complexity index is 321. The number of hydrogen-bond donors (Lipinski definition) is 1. The molecule has 0 aliphatic rings. The SMILES string of the molecule is CC(C)NC(C)C.Cc1c(Cl)ccc(Br)c1F. The van der Waals surface area contributed by atoms with Crippen molar-refractivity contribution in [2.45, 2.75) is 46.7 Å². The highest BCUT2D eigenvalue weighted by atomic mass is 79.9. The molecule has 4 heteroatoms. The van der Waals surface area contributed by atoms with Crippen LogP contribution in [-0.4, -0.2) is 12.1 Å². The second kappa shape index (κ2) is 8.06. The first-order chi connectivity index (χ1) is 7.75. The van der Waals surface area contributed by atoms with E-state index in [9.17, 15) is 4.39 Å². The third-order valence-corrected chi connectivity index (χ3v) is 2.96. The van der Waals surface area contributed by atoms with E-state index in [1.165, 1.54) is 0 Å². The van der Waals surface area contributed by atoms with Crippen molar-refractivity contribution in [2.24, 2.45) is 0 Å². The van der Waals surface area contributed by atoms with Crippen molar-refractivity contribution >= 4 is 27.5 Å². The highest BCUT2D eigenvalue weighted by molar-refractivity contribution is 9.10. The zero-order valence-corrected chi connectivity index (χ0v) is 13.3. The normalized spacial score (nSPS) is 10.5. The molecule has 98 valence electrons. The summed E-state index contributed by atoms with van der Waals surface area (Å²) in [6, 6.07) is 4.49. The summed E-state index contributed by atoms with van der Waals surface area (Å²) in [6.45, 7) is 10.3. The molecule has 1 aromatic carbocycles. The fourth-order valence-corrected chi connectivity index (χ4v) is 1.87. The molecule has 0 heterocycles. The van der Waals surface area contributed by atoms with E-state index in [0.717, 1.165) is 0 Å². The molecule has 1 rings (SSSR count). The highest BCUT2D eigenvalue weighted by Crippen LogP contribution is 2.24. The summed E-state index contributed by atoms with van der Waals surface area (Å²) in [6.07, 6.45) is 0. The maximum atomic E-state index is 12.9. The van der Waals surface area contributed by atoms with E-state index in [-0.39, 0.29) is 5.82 Å². The lowest BCUT2D eigenvalue weighted by Gasteiger charge is -2.10. The van der Waals surface area contributed by atoms with Gasteiger partial charge in [-0.25, -0.2) is 4.39 Å². The quantitative estimate of drug-likeness (QED) is 0.760. The van der Waals surface area contributed by atoms with Crippen molar-refractivity contribution in [1.29, 1.82) is 0 Å². The van der Waals surface area contributed by atoms with Crippen LogP contribution in [0.5, 0.6) is 0 Å². The smallest absolute Gasteiger partial charge is 0.141 e. The molecule has 0 bridgehead atoms. The maximum Gasteiger partial charge on any atom is 0.141 e. The maximum absolute atomic E-state index is 12.9. The fourth-order valence-electron chi connectivity index (χ4n) is 1.30. The van der Waals surface area contributed by atoms with Gasteiger partial charge >= 0.3 is 0 Å². The second-order valence-corrected chi connectivity index (χ2v) is 5.71. The van der Waals surface area contributed by atoms with Crippen LogP contribution in [0.2, 0.25) is 5.02 Å². The third kappa shape index (κ3) is 7.02. The van der Waals surface area contributed by atoms with Crippen molar-refractivity contribution in [1.82, 2.24) is 5.32 Å². The summed E-state index contributed by atoms with van der Waals surface area (Å²) >= 11 is 8.67. The average molecular weight is 325 g/mol. The molecular weight excluding hydrogens is 305 g/mol. The molecule has 0 aliphatic heterocycles. The van der Waals surface area contributed by atoms with E-state index < -0.39 is 0 Å². The number of benzene rings is 1. The van der Waals surface area contributed by atoms with Crippen LogP contribution in [0.3, 0.4) is 0 Å². The summed E-state index contributed by atoms with van der Waals surface area (Å²) in [5.74, 6) is -0.285. The lowest BCUT2D eigenvalue weighted by Crippen LogP contribution is -2.29. The molecule has 1 aromatic rings. The summed E-state index contributed by atoms with van der Waals surface area (Å²) in [7, 11) is 0. The Morgan fingerprint density at radius 2 is 1.65 bits per heavy atom. The van der Waals surface area contributed by atoms with Crippen molar-refractivity contribution < 1.29 is 4.39 Å². The Labute approximate surface area is 117 Å². The van der Waals surface area contributed by atoms with Gasteiger partial charge in [-0.05, 0) is 35.0 Å². The van der Waals surface area contributed by atoms with Gasteiger partial charge in [0.05, 0.1) is 4.47 Å². The standard InChI is InChI=1S/C7H5BrClF.C6H15N/c1-4-6(9)3-2-5(8)7(4)10;1-5(2)7-6(3)4/h2-3H,1H3;5-7H,1-4H3. The lowest BCUT2D eigenvalue weighted by molar-refractivity contribution is 0.518. The number of hydrogen-bond acceptors (Lipinski definition) is 1. The molecule has 0 fully saturated rings. The van der Waals surface area contributed by atoms with Crippen LogP contribution < -0.4 is 5.32 Å². The van der Waals surface area contributed by atoms with E-state index in [1.807, 2.05) is 0 Å². The molecular formula is C13H20BrClFN. The van der Waals surface area contributed by atoms with Gasteiger partial charge in [-0.3, -0.25) is 0 Å². The first kappa shape index (κ1) is 16.9. The number of rotatable bonds is 2. The van der Waals surface area contributed by atoms with Crippen LogP contribution in [-0.2, 0) is 0 Å². The summed E-state index contributed by atoms with van der Waals surface area (Å²) in [5.41, 5.74) is 0.482. The molecule has 0 aromatic heterocycles. The van der Waals surface area contributed by atoms with Gasteiger partial charge in [-0.15, -0.1) is 0 Å². The summed E-state index contributed by atoms with van der Waals surface area (Å²) in [5, 5.41) is 3.76. The van der Waals surface area contributed by atoms with Gasteiger partial charge in [0.2, 0.25) is 0 Å². The fraction of sp³-hybridized carbons (Fsp3) is 0.538. The Kier molecular flexibility index (Phi) is 8.01.